The summed E-state index contributed by atoms with van der Waals surface area (Å²) < 4.78 is 27.0. The fourth-order valence-electron chi connectivity index (χ4n) is 3.23. The number of likely N-dealkylation sites (tertiary alicyclic amines) is 1. The number of aryl methyl sites for hydroxylation is 2. The lowest BCUT2D eigenvalue weighted by Crippen LogP contribution is -2.39. The summed E-state index contributed by atoms with van der Waals surface area (Å²) >= 11 is 0. The third kappa shape index (κ3) is 3.69. The van der Waals surface area contributed by atoms with Gasteiger partial charge in [-0.3, -0.25) is 4.79 Å². The van der Waals surface area contributed by atoms with E-state index in [4.69, 9.17) is 5.26 Å². The van der Waals surface area contributed by atoms with Gasteiger partial charge in [0.15, 0.2) is 0 Å². The number of hydrogen-bond acceptors (Lipinski definition) is 2. The Kier molecular flexibility index (Phi) is 4.48. The molecule has 0 unspecified atom stereocenters. The number of halogens is 2. The number of alkyl halides is 2. The van der Waals surface area contributed by atoms with Crippen LogP contribution in [0.4, 0.5) is 8.78 Å². The van der Waals surface area contributed by atoms with Crippen LogP contribution >= 0.6 is 0 Å². The van der Waals surface area contributed by atoms with Crippen LogP contribution in [0.15, 0.2) is 18.2 Å². The Bertz CT molecular complexity index is 661. The maximum Gasteiger partial charge on any atom is 0.268 e. The molecule has 0 radical (unpaired) electrons. The highest BCUT2D eigenvalue weighted by Gasteiger charge is 2.47. The molecule has 23 heavy (non-hydrogen) atoms. The van der Waals surface area contributed by atoms with Crippen molar-refractivity contribution in [3.05, 3.63) is 34.9 Å². The van der Waals surface area contributed by atoms with Crippen molar-refractivity contribution in [2.75, 3.05) is 6.54 Å². The van der Waals surface area contributed by atoms with Gasteiger partial charge in [-0.25, -0.2) is 8.78 Å². The molecule has 1 saturated heterocycles. The maximum absolute atomic E-state index is 13.5. The van der Waals surface area contributed by atoms with Crippen molar-refractivity contribution in [3.63, 3.8) is 0 Å². The Labute approximate surface area is 135 Å². The molecule has 0 bridgehead atoms. The average molecular weight is 320 g/mol. The molecule has 0 N–H and O–H groups in total. The van der Waals surface area contributed by atoms with Gasteiger partial charge in [0, 0.05) is 12.8 Å². The van der Waals surface area contributed by atoms with E-state index in [1.807, 2.05) is 52.0 Å². The SMILES string of the molecule is Cc1ccc(C)c(C(C)(C)CC(=O)N2CC(F)(F)C[C@H]2C#N)c1. The molecule has 0 saturated carbocycles. The van der Waals surface area contributed by atoms with Crippen LogP contribution in [0.5, 0.6) is 0 Å². The number of nitriles is 1. The average Bonchev–Trinajstić information content (AvgIpc) is 2.76. The van der Waals surface area contributed by atoms with E-state index in [0.29, 0.717) is 0 Å². The van der Waals surface area contributed by atoms with Gasteiger partial charge in [0.05, 0.1) is 12.6 Å². The molecule has 1 aromatic rings. The molecule has 0 aliphatic carbocycles. The molecule has 1 aliphatic rings. The highest BCUT2D eigenvalue weighted by molar-refractivity contribution is 5.79. The summed E-state index contributed by atoms with van der Waals surface area (Å²) in [5, 5.41) is 9.04. The van der Waals surface area contributed by atoms with Crippen LogP contribution in [0, 0.1) is 25.2 Å². The second kappa shape index (κ2) is 5.92. The second-order valence-corrected chi connectivity index (χ2v) is 7.11. The summed E-state index contributed by atoms with van der Waals surface area (Å²) in [5.41, 5.74) is 2.71. The molecule has 1 amide bonds. The van der Waals surface area contributed by atoms with Gasteiger partial charge in [0.1, 0.15) is 6.04 Å². The van der Waals surface area contributed by atoms with E-state index in [1.165, 1.54) is 0 Å². The van der Waals surface area contributed by atoms with Crippen molar-refractivity contribution in [2.24, 2.45) is 0 Å². The predicted molar refractivity (Wildman–Crippen MR) is 84.2 cm³/mol. The number of nitrogens with zero attached hydrogens (tertiary/aromatic N) is 2. The largest absolute Gasteiger partial charge is 0.320 e. The van der Waals surface area contributed by atoms with Gasteiger partial charge in [0.25, 0.3) is 5.92 Å². The Morgan fingerprint density at radius 2 is 2.09 bits per heavy atom. The summed E-state index contributed by atoms with van der Waals surface area (Å²) in [6.45, 7) is 7.16. The summed E-state index contributed by atoms with van der Waals surface area (Å²) in [6, 6.07) is 6.82. The van der Waals surface area contributed by atoms with E-state index >= 15 is 0 Å². The molecule has 1 aliphatic heterocycles. The van der Waals surface area contributed by atoms with Crippen LogP contribution in [-0.4, -0.2) is 29.3 Å². The van der Waals surface area contributed by atoms with Crippen molar-refractivity contribution in [1.82, 2.24) is 4.90 Å². The zero-order valence-electron chi connectivity index (χ0n) is 14.0. The Balaban J connectivity index is 2.22. The van der Waals surface area contributed by atoms with Crippen molar-refractivity contribution in [2.45, 2.75) is 57.9 Å². The minimum atomic E-state index is -2.97. The molecular formula is C18H22F2N2O. The third-order valence-corrected chi connectivity index (χ3v) is 4.45. The molecule has 3 nitrogen and oxygen atoms in total. The first-order valence-corrected chi connectivity index (χ1v) is 7.70. The predicted octanol–water partition coefficient (Wildman–Crippen LogP) is 3.73. The second-order valence-electron chi connectivity index (χ2n) is 7.11. The molecule has 5 heteroatoms. The molecule has 1 heterocycles. The summed E-state index contributed by atoms with van der Waals surface area (Å²) in [5.74, 6) is -3.36. The molecule has 0 spiro atoms. The van der Waals surface area contributed by atoms with E-state index in [1.54, 1.807) is 0 Å². The van der Waals surface area contributed by atoms with E-state index < -0.39 is 30.3 Å². The number of amides is 1. The van der Waals surface area contributed by atoms with E-state index in [2.05, 4.69) is 0 Å². The molecule has 124 valence electrons. The van der Waals surface area contributed by atoms with Crippen LogP contribution in [0.2, 0.25) is 0 Å². The van der Waals surface area contributed by atoms with E-state index in [9.17, 15) is 13.6 Å². The van der Waals surface area contributed by atoms with Crippen molar-refractivity contribution in [1.29, 1.82) is 5.26 Å². The van der Waals surface area contributed by atoms with Crippen molar-refractivity contribution >= 4 is 5.91 Å². The molecule has 0 aromatic heterocycles. The van der Waals surface area contributed by atoms with Gasteiger partial charge >= 0.3 is 0 Å². The van der Waals surface area contributed by atoms with Gasteiger partial charge in [-0.05, 0) is 30.4 Å². The lowest BCUT2D eigenvalue weighted by atomic mass is 9.78. The quantitative estimate of drug-likeness (QED) is 0.852. The molecule has 1 atom stereocenters. The summed E-state index contributed by atoms with van der Waals surface area (Å²) in [6.07, 6.45) is -0.468. The summed E-state index contributed by atoms with van der Waals surface area (Å²) in [7, 11) is 0. The molecular weight excluding hydrogens is 298 g/mol. The monoisotopic (exact) mass is 320 g/mol. The van der Waals surface area contributed by atoms with Gasteiger partial charge in [-0.2, -0.15) is 5.26 Å². The summed E-state index contributed by atoms with van der Waals surface area (Å²) in [4.78, 5) is 13.6. The number of hydrogen-bond donors (Lipinski definition) is 0. The number of rotatable bonds is 3. The third-order valence-electron chi connectivity index (χ3n) is 4.45. The Morgan fingerprint density at radius 1 is 1.43 bits per heavy atom. The van der Waals surface area contributed by atoms with E-state index in [-0.39, 0.29) is 12.3 Å². The first kappa shape index (κ1) is 17.4. The standard InChI is InChI=1S/C18H22F2N2O/c1-12-5-6-13(2)15(7-12)17(3,4)9-16(23)22-11-18(19,20)8-14(22)10-21/h5-7,14H,8-9,11H2,1-4H3/t14-/m0/s1. The Morgan fingerprint density at radius 3 is 2.70 bits per heavy atom. The van der Waals surface area contributed by atoms with Crippen molar-refractivity contribution < 1.29 is 13.6 Å². The fraction of sp³-hybridized carbons (Fsp3) is 0.556. The first-order valence-electron chi connectivity index (χ1n) is 7.70. The lowest BCUT2D eigenvalue weighted by molar-refractivity contribution is -0.133. The lowest BCUT2D eigenvalue weighted by Gasteiger charge is -2.30. The van der Waals surface area contributed by atoms with Gasteiger partial charge in [-0.15, -0.1) is 0 Å². The van der Waals surface area contributed by atoms with Crippen LogP contribution in [0.1, 0.15) is 43.4 Å². The van der Waals surface area contributed by atoms with Crippen molar-refractivity contribution in [3.8, 4) is 6.07 Å². The number of carbonyl (C=O) groups excluding carboxylic acids is 1. The van der Waals surface area contributed by atoms with Gasteiger partial charge in [-0.1, -0.05) is 37.6 Å². The minimum absolute atomic E-state index is 0.103. The maximum atomic E-state index is 13.5. The van der Waals surface area contributed by atoms with Crippen LogP contribution in [0.25, 0.3) is 0 Å². The number of benzene rings is 1. The zero-order chi connectivity index (χ0) is 17.4. The van der Waals surface area contributed by atoms with Gasteiger partial charge < -0.3 is 4.90 Å². The molecule has 1 fully saturated rings. The fourth-order valence-corrected chi connectivity index (χ4v) is 3.23. The molecule has 2 rings (SSSR count). The smallest absolute Gasteiger partial charge is 0.268 e. The highest BCUT2D eigenvalue weighted by Crippen LogP contribution is 2.35. The Hall–Kier alpha value is -1.96. The number of carbonyl (C=O) groups is 1. The van der Waals surface area contributed by atoms with Gasteiger partial charge in [0.2, 0.25) is 5.91 Å². The van der Waals surface area contributed by atoms with Crippen LogP contribution in [-0.2, 0) is 10.2 Å². The van der Waals surface area contributed by atoms with Crippen LogP contribution < -0.4 is 0 Å². The first-order chi connectivity index (χ1) is 10.6. The van der Waals surface area contributed by atoms with Crippen LogP contribution in [0.3, 0.4) is 0 Å². The van der Waals surface area contributed by atoms with E-state index in [0.717, 1.165) is 21.6 Å². The normalized spacial score (nSPS) is 20.4. The molecule has 1 aromatic carbocycles. The minimum Gasteiger partial charge on any atom is -0.320 e. The zero-order valence-corrected chi connectivity index (χ0v) is 14.0. The highest BCUT2D eigenvalue weighted by atomic mass is 19.3. The topological polar surface area (TPSA) is 44.1 Å².